The Morgan fingerprint density at radius 1 is 0.778 bits per heavy atom. The molecule has 0 radical (unpaired) electrons. The van der Waals surface area contributed by atoms with Gasteiger partial charge in [0.2, 0.25) is 0 Å². The quantitative estimate of drug-likeness (QED) is 0.342. The summed E-state index contributed by atoms with van der Waals surface area (Å²) < 4.78 is 18.9. The Morgan fingerprint density at radius 2 is 1.30 bits per heavy atom. The van der Waals surface area contributed by atoms with E-state index in [-0.39, 0.29) is 12.8 Å². The molecule has 0 amide bonds. The van der Waals surface area contributed by atoms with E-state index in [1.54, 1.807) is 0 Å². The van der Waals surface area contributed by atoms with Crippen LogP contribution in [0.2, 0.25) is 0 Å². The molecule has 2 saturated heterocycles. The van der Waals surface area contributed by atoms with Crippen LogP contribution in [0.4, 0.5) is 0 Å². The van der Waals surface area contributed by atoms with Gasteiger partial charge < -0.3 is 18.9 Å². The number of allylic oxidation sites excluding steroid dienone is 1. The van der Waals surface area contributed by atoms with E-state index in [9.17, 15) is 24.0 Å². The molecule has 148 valence electrons. The number of ether oxygens (including phenoxy) is 4. The molecule has 2 rings (SSSR count). The van der Waals surface area contributed by atoms with Crippen LogP contribution in [0.3, 0.4) is 0 Å². The van der Waals surface area contributed by atoms with E-state index >= 15 is 0 Å². The Balaban J connectivity index is 2.60. The predicted molar refractivity (Wildman–Crippen MR) is 87.0 cm³/mol. The van der Waals surface area contributed by atoms with Crippen molar-refractivity contribution in [3.63, 3.8) is 0 Å². The molecule has 0 saturated carbocycles. The maximum Gasteiger partial charge on any atom is 0.330 e. The molecule has 0 aromatic heterocycles. The van der Waals surface area contributed by atoms with Gasteiger partial charge in [0.1, 0.15) is 11.1 Å². The van der Waals surface area contributed by atoms with Gasteiger partial charge in [0.25, 0.3) is 0 Å². The first kappa shape index (κ1) is 20.6. The van der Waals surface area contributed by atoms with Crippen LogP contribution in [-0.2, 0) is 42.9 Å². The van der Waals surface area contributed by atoms with E-state index in [1.165, 1.54) is 0 Å². The van der Waals surface area contributed by atoms with Gasteiger partial charge in [0.05, 0.1) is 40.3 Å². The number of ketones is 1. The fourth-order valence-corrected chi connectivity index (χ4v) is 4.07. The Labute approximate surface area is 155 Å². The number of esters is 4. The lowest BCUT2D eigenvalue weighted by Crippen LogP contribution is -2.54. The number of carbonyl (C=O) groups excluding carboxylic acids is 5. The standard InChI is InChI=1S/C17H21NO9/c1-24-10(20)6-5-9(19)11-12(13(21)25-2)17(15(23)27-4)8-7-16(11,18-17)14(22)26-3/h5-6,11-12,18H,7-8H2,1-4H3/b6-5+. The summed E-state index contributed by atoms with van der Waals surface area (Å²) in [6.45, 7) is 0. The third kappa shape index (κ3) is 2.99. The average Bonchev–Trinajstić information content (AvgIpc) is 3.23. The smallest absolute Gasteiger partial charge is 0.330 e. The van der Waals surface area contributed by atoms with E-state index in [0.717, 1.165) is 40.6 Å². The lowest BCUT2D eigenvalue weighted by Gasteiger charge is -2.35. The van der Waals surface area contributed by atoms with Gasteiger partial charge in [-0.2, -0.15) is 0 Å². The highest BCUT2D eigenvalue weighted by atomic mass is 16.5. The van der Waals surface area contributed by atoms with Crippen molar-refractivity contribution in [1.82, 2.24) is 5.32 Å². The predicted octanol–water partition coefficient (Wildman–Crippen LogP) is -1.09. The van der Waals surface area contributed by atoms with Gasteiger partial charge in [-0.1, -0.05) is 0 Å². The Bertz CT molecular complexity index is 715. The van der Waals surface area contributed by atoms with E-state index < -0.39 is 52.6 Å². The summed E-state index contributed by atoms with van der Waals surface area (Å²) >= 11 is 0. The molecule has 0 aliphatic carbocycles. The Hall–Kier alpha value is -2.75. The fraction of sp³-hybridized carbons (Fsp3) is 0.588. The van der Waals surface area contributed by atoms with Gasteiger partial charge in [-0.05, 0) is 18.9 Å². The van der Waals surface area contributed by atoms with Crippen molar-refractivity contribution in [3.05, 3.63) is 12.2 Å². The molecule has 0 aromatic carbocycles. The van der Waals surface area contributed by atoms with E-state index in [2.05, 4.69) is 10.1 Å². The van der Waals surface area contributed by atoms with Crippen LogP contribution < -0.4 is 5.32 Å². The van der Waals surface area contributed by atoms with Crippen LogP contribution in [0, 0.1) is 11.8 Å². The van der Waals surface area contributed by atoms with Crippen molar-refractivity contribution in [2.45, 2.75) is 23.9 Å². The average molecular weight is 383 g/mol. The minimum Gasteiger partial charge on any atom is -0.469 e. The second-order valence-corrected chi connectivity index (χ2v) is 6.29. The minimum absolute atomic E-state index is 0.0603. The van der Waals surface area contributed by atoms with Gasteiger partial charge in [-0.25, -0.2) is 4.79 Å². The Morgan fingerprint density at radius 3 is 1.74 bits per heavy atom. The van der Waals surface area contributed by atoms with E-state index in [0.29, 0.717) is 0 Å². The van der Waals surface area contributed by atoms with E-state index in [1.807, 2.05) is 0 Å². The monoisotopic (exact) mass is 383 g/mol. The van der Waals surface area contributed by atoms with Crippen molar-refractivity contribution in [3.8, 4) is 0 Å². The fourth-order valence-electron chi connectivity index (χ4n) is 4.07. The van der Waals surface area contributed by atoms with Crippen molar-refractivity contribution in [2.75, 3.05) is 28.4 Å². The topological polar surface area (TPSA) is 134 Å². The van der Waals surface area contributed by atoms with Crippen LogP contribution in [0.5, 0.6) is 0 Å². The van der Waals surface area contributed by atoms with Gasteiger partial charge in [0, 0.05) is 6.08 Å². The maximum atomic E-state index is 12.9. The van der Waals surface area contributed by atoms with Crippen LogP contribution >= 0.6 is 0 Å². The summed E-state index contributed by atoms with van der Waals surface area (Å²) in [5.41, 5.74) is -3.24. The zero-order valence-corrected chi connectivity index (χ0v) is 15.4. The first-order valence-electron chi connectivity index (χ1n) is 8.08. The summed E-state index contributed by atoms with van der Waals surface area (Å²) in [6, 6.07) is 0. The lowest BCUT2D eigenvalue weighted by molar-refractivity contribution is -0.163. The summed E-state index contributed by atoms with van der Waals surface area (Å²) in [7, 11) is 4.51. The molecule has 2 aliphatic rings. The number of methoxy groups -OCH3 is 4. The van der Waals surface area contributed by atoms with Crippen molar-refractivity contribution >= 4 is 29.7 Å². The number of fused-ring (bicyclic) bond motifs is 2. The first-order valence-corrected chi connectivity index (χ1v) is 8.08. The molecule has 2 aliphatic heterocycles. The number of carbonyl (C=O) groups is 5. The molecule has 10 heteroatoms. The number of hydrogen-bond donors (Lipinski definition) is 1. The normalized spacial score (nSPS) is 31.4. The molecule has 0 spiro atoms. The number of nitrogens with one attached hydrogen (secondary N) is 1. The first-order chi connectivity index (χ1) is 12.7. The summed E-state index contributed by atoms with van der Waals surface area (Å²) in [6.07, 6.45) is 1.91. The highest BCUT2D eigenvalue weighted by Gasteiger charge is 2.76. The van der Waals surface area contributed by atoms with Crippen LogP contribution in [0.1, 0.15) is 12.8 Å². The third-order valence-electron chi connectivity index (χ3n) is 5.20. The van der Waals surface area contributed by atoms with Crippen LogP contribution in [0.15, 0.2) is 12.2 Å². The zero-order valence-electron chi connectivity index (χ0n) is 15.4. The summed E-state index contributed by atoms with van der Waals surface area (Å²) in [5, 5.41) is 2.83. The second-order valence-electron chi connectivity index (χ2n) is 6.29. The molecule has 4 atom stereocenters. The highest BCUT2D eigenvalue weighted by Crippen LogP contribution is 2.54. The van der Waals surface area contributed by atoms with Crippen LogP contribution in [-0.4, -0.2) is 69.2 Å². The van der Waals surface area contributed by atoms with Gasteiger partial charge in [-0.3, -0.25) is 24.5 Å². The molecule has 4 unspecified atom stereocenters. The van der Waals surface area contributed by atoms with E-state index in [4.69, 9.17) is 14.2 Å². The van der Waals surface area contributed by atoms with Crippen molar-refractivity contribution < 1.29 is 42.9 Å². The number of hydrogen-bond acceptors (Lipinski definition) is 10. The molecule has 2 heterocycles. The molecule has 0 aromatic rings. The van der Waals surface area contributed by atoms with Gasteiger partial charge in [0.15, 0.2) is 5.78 Å². The van der Waals surface area contributed by atoms with Crippen molar-refractivity contribution in [1.29, 1.82) is 0 Å². The third-order valence-corrected chi connectivity index (χ3v) is 5.20. The van der Waals surface area contributed by atoms with Gasteiger partial charge in [-0.15, -0.1) is 0 Å². The molecule has 2 fully saturated rings. The molecule has 27 heavy (non-hydrogen) atoms. The molecular weight excluding hydrogens is 362 g/mol. The summed E-state index contributed by atoms with van der Waals surface area (Å²) in [4.78, 5) is 61.7. The second kappa shape index (κ2) is 7.47. The maximum absolute atomic E-state index is 12.9. The molecule has 1 N–H and O–H groups in total. The van der Waals surface area contributed by atoms with Crippen LogP contribution in [0.25, 0.3) is 0 Å². The molecule has 10 nitrogen and oxygen atoms in total. The van der Waals surface area contributed by atoms with Crippen molar-refractivity contribution in [2.24, 2.45) is 11.8 Å². The SMILES string of the molecule is COC(=O)/C=C/C(=O)C1C(C(=O)OC)C2(C(=O)OC)CCC1(C(=O)OC)N2. The molecule has 2 bridgehead atoms. The van der Waals surface area contributed by atoms with Gasteiger partial charge >= 0.3 is 23.9 Å². The number of rotatable bonds is 6. The zero-order chi connectivity index (χ0) is 20.4. The summed E-state index contributed by atoms with van der Waals surface area (Å²) in [5.74, 6) is -6.63. The Kier molecular flexibility index (Phi) is 5.69. The molecular formula is C17H21NO9. The minimum atomic E-state index is -1.63. The highest BCUT2D eigenvalue weighted by molar-refractivity contribution is 6.07. The largest absolute Gasteiger partial charge is 0.469 e. The lowest BCUT2D eigenvalue weighted by atomic mass is 9.64.